The Hall–Kier alpha value is -0.820. The predicted molar refractivity (Wildman–Crippen MR) is 86.3 cm³/mol. The molecule has 0 radical (unpaired) electrons. The summed E-state index contributed by atoms with van der Waals surface area (Å²) in [4.78, 5) is 0. The molecule has 1 aromatic carbocycles. The van der Waals surface area contributed by atoms with Gasteiger partial charge in [0.05, 0.1) is 0 Å². The van der Waals surface area contributed by atoms with Crippen molar-refractivity contribution in [2.45, 2.75) is 76.2 Å². The van der Waals surface area contributed by atoms with E-state index < -0.39 is 0 Å². The molecule has 2 aliphatic carbocycles. The maximum atomic E-state index is 3.70. The van der Waals surface area contributed by atoms with Crippen molar-refractivity contribution < 1.29 is 0 Å². The van der Waals surface area contributed by atoms with Crippen molar-refractivity contribution in [2.24, 2.45) is 0 Å². The van der Waals surface area contributed by atoms with E-state index in [1.165, 1.54) is 51.4 Å². The molecule has 0 heterocycles. The van der Waals surface area contributed by atoms with Gasteiger partial charge in [-0.3, -0.25) is 0 Å². The Morgan fingerprint density at radius 2 is 1.55 bits per heavy atom. The van der Waals surface area contributed by atoms with Crippen LogP contribution in [0.2, 0.25) is 0 Å². The second-order valence-corrected chi connectivity index (χ2v) is 6.73. The molecule has 0 bridgehead atoms. The minimum Gasteiger partial charge on any atom is -0.314 e. The molecule has 1 N–H and O–H groups in total. The Balaban J connectivity index is 1.79. The van der Waals surface area contributed by atoms with Crippen LogP contribution in [0, 0.1) is 0 Å². The van der Waals surface area contributed by atoms with E-state index >= 15 is 0 Å². The van der Waals surface area contributed by atoms with Crippen LogP contribution in [0.4, 0.5) is 0 Å². The molecule has 0 aliphatic heterocycles. The Kier molecular flexibility index (Phi) is 4.77. The topological polar surface area (TPSA) is 12.0 Å². The number of nitrogens with one attached hydrogen (secondary N) is 1. The monoisotopic (exact) mass is 271 g/mol. The van der Waals surface area contributed by atoms with Gasteiger partial charge in [-0.05, 0) is 61.6 Å². The van der Waals surface area contributed by atoms with Crippen LogP contribution in [0.15, 0.2) is 24.3 Å². The largest absolute Gasteiger partial charge is 0.314 e. The molecule has 0 aromatic heterocycles. The third-order valence-corrected chi connectivity index (χ3v) is 5.40. The molecule has 1 aromatic rings. The number of hydrogen-bond donors (Lipinski definition) is 1. The zero-order valence-corrected chi connectivity index (χ0v) is 12.9. The van der Waals surface area contributed by atoms with Crippen molar-refractivity contribution in [3.05, 3.63) is 35.4 Å². The van der Waals surface area contributed by atoms with E-state index in [2.05, 4.69) is 36.5 Å². The lowest BCUT2D eigenvalue weighted by Crippen LogP contribution is -2.29. The van der Waals surface area contributed by atoms with Gasteiger partial charge >= 0.3 is 0 Å². The summed E-state index contributed by atoms with van der Waals surface area (Å²) in [7, 11) is 0. The average Bonchev–Trinajstić information content (AvgIpc) is 2.64. The normalized spacial score (nSPS) is 27.9. The maximum absolute atomic E-state index is 3.70. The minimum absolute atomic E-state index is 0.738. The SMILES string of the molecule is CCNC1CCCCC(c2ccccc2C2CCC2)C1. The van der Waals surface area contributed by atoms with E-state index in [9.17, 15) is 0 Å². The molecule has 2 unspecified atom stereocenters. The molecule has 1 heteroatoms. The Labute approximate surface area is 124 Å². The number of benzene rings is 1. The van der Waals surface area contributed by atoms with Crippen LogP contribution in [0.1, 0.15) is 81.3 Å². The first-order valence-electron chi connectivity index (χ1n) is 8.70. The highest BCUT2D eigenvalue weighted by atomic mass is 14.9. The zero-order valence-electron chi connectivity index (χ0n) is 12.9. The van der Waals surface area contributed by atoms with Crippen molar-refractivity contribution in [1.82, 2.24) is 5.32 Å². The molecule has 2 aliphatic rings. The van der Waals surface area contributed by atoms with Gasteiger partial charge in [0.25, 0.3) is 0 Å². The minimum atomic E-state index is 0.738. The van der Waals surface area contributed by atoms with Gasteiger partial charge in [0.2, 0.25) is 0 Å². The van der Waals surface area contributed by atoms with Gasteiger partial charge < -0.3 is 5.32 Å². The summed E-state index contributed by atoms with van der Waals surface area (Å²) in [5, 5.41) is 3.70. The van der Waals surface area contributed by atoms with Crippen LogP contribution < -0.4 is 5.32 Å². The van der Waals surface area contributed by atoms with E-state index in [-0.39, 0.29) is 0 Å². The van der Waals surface area contributed by atoms with Crippen LogP contribution in [0.25, 0.3) is 0 Å². The van der Waals surface area contributed by atoms with Crippen LogP contribution in [-0.2, 0) is 0 Å². The Morgan fingerprint density at radius 3 is 2.20 bits per heavy atom. The lowest BCUT2D eigenvalue weighted by atomic mass is 9.75. The van der Waals surface area contributed by atoms with Gasteiger partial charge in [-0.15, -0.1) is 0 Å². The quantitative estimate of drug-likeness (QED) is 0.762. The average molecular weight is 271 g/mol. The fraction of sp³-hybridized carbons (Fsp3) is 0.684. The Morgan fingerprint density at radius 1 is 0.900 bits per heavy atom. The highest BCUT2D eigenvalue weighted by Gasteiger charge is 2.27. The first-order valence-corrected chi connectivity index (χ1v) is 8.70. The summed E-state index contributed by atoms with van der Waals surface area (Å²) >= 11 is 0. The molecule has 110 valence electrons. The number of hydrogen-bond acceptors (Lipinski definition) is 1. The summed E-state index contributed by atoms with van der Waals surface area (Å²) in [5.41, 5.74) is 3.36. The van der Waals surface area contributed by atoms with Crippen molar-refractivity contribution >= 4 is 0 Å². The molecular weight excluding hydrogens is 242 g/mol. The smallest absolute Gasteiger partial charge is 0.00727 e. The summed E-state index contributed by atoms with van der Waals surface area (Å²) in [6.07, 6.45) is 11.2. The molecular formula is C19H29N. The van der Waals surface area contributed by atoms with Gasteiger partial charge in [0, 0.05) is 6.04 Å². The van der Waals surface area contributed by atoms with Crippen molar-refractivity contribution in [3.63, 3.8) is 0 Å². The molecule has 3 rings (SSSR count). The lowest BCUT2D eigenvalue weighted by molar-refractivity contribution is 0.407. The molecule has 0 spiro atoms. The zero-order chi connectivity index (χ0) is 13.8. The maximum Gasteiger partial charge on any atom is 0.00727 e. The van der Waals surface area contributed by atoms with Gasteiger partial charge in [-0.25, -0.2) is 0 Å². The molecule has 2 atom stereocenters. The molecule has 1 nitrogen and oxygen atoms in total. The van der Waals surface area contributed by atoms with E-state index in [1.54, 1.807) is 11.1 Å². The fourth-order valence-electron chi connectivity index (χ4n) is 4.09. The molecule has 0 amide bonds. The van der Waals surface area contributed by atoms with Gasteiger partial charge in [0.15, 0.2) is 0 Å². The fourth-order valence-corrected chi connectivity index (χ4v) is 4.09. The highest BCUT2D eigenvalue weighted by Crippen LogP contribution is 2.42. The van der Waals surface area contributed by atoms with Crippen LogP contribution in [-0.4, -0.2) is 12.6 Å². The summed E-state index contributed by atoms with van der Waals surface area (Å²) in [5.74, 6) is 1.66. The van der Waals surface area contributed by atoms with Crippen molar-refractivity contribution in [1.29, 1.82) is 0 Å². The second kappa shape index (κ2) is 6.76. The Bertz CT molecular complexity index is 422. The lowest BCUT2D eigenvalue weighted by Gasteiger charge is -2.31. The molecule has 2 fully saturated rings. The predicted octanol–water partition coefficient (Wildman–Crippen LogP) is 4.98. The first kappa shape index (κ1) is 14.1. The summed E-state index contributed by atoms with van der Waals surface area (Å²) in [6.45, 7) is 3.35. The van der Waals surface area contributed by atoms with E-state index in [1.807, 2.05) is 0 Å². The van der Waals surface area contributed by atoms with E-state index in [0.717, 1.165) is 24.4 Å². The van der Waals surface area contributed by atoms with E-state index in [4.69, 9.17) is 0 Å². The summed E-state index contributed by atoms with van der Waals surface area (Å²) < 4.78 is 0. The van der Waals surface area contributed by atoms with Gasteiger partial charge in [-0.2, -0.15) is 0 Å². The van der Waals surface area contributed by atoms with Gasteiger partial charge in [-0.1, -0.05) is 50.5 Å². The molecule has 2 saturated carbocycles. The van der Waals surface area contributed by atoms with Crippen LogP contribution >= 0.6 is 0 Å². The van der Waals surface area contributed by atoms with Crippen LogP contribution in [0.5, 0.6) is 0 Å². The third-order valence-electron chi connectivity index (χ3n) is 5.40. The first-order chi connectivity index (χ1) is 9.88. The summed E-state index contributed by atoms with van der Waals surface area (Å²) in [6, 6.07) is 10.1. The van der Waals surface area contributed by atoms with Gasteiger partial charge in [0.1, 0.15) is 0 Å². The molecule has 20 heavy (non-hydrogen) atoms. The number of rotatable bonds is 4. The second-order valence-electron chi connectivity index (χ2n) is 6.73. The van der Waals surface area contributed by atoms with E-state index in [0.29, 0.717) is 0 Å². The highest BCUT2D eigenvalue weighted by molar-refractivity contribution is 5.34. The molecule has 0 saturated heterocycles. The van der Waals surface area contributed by atoms with Crippen LogP contribution in [0.3, 0.4) is 0 Å². The third kappa shape index (κ3) is 3.09. The van der Waals surface area contributed by atoms with Crippen molar-refractivity contribution in [2.75, 3.05) is 6.54 Å². The standard InChI is InChI=1S/C19H29N/c1-2-20-17-11-4-3-8-16(14-17)19-13-6-5-12-18(19)15-9-7-10-15/h5-6,12-13,15-17,20H,2-4,7-11,14H2,1H3. The van der Waals surface area contributed by atoms with Crippen molar-refractivity contribution in [3.8, 4) is 0 Å².